The largest absolute Gasteiger partial charge is 0.348 e. The molecule has 18 heavy (non-hydrogen) atoms. The normalized spacial score (nSPS) is 17.7. The molecule has 0 heterocycles. The molecule has 98 valence electrons. The lowest BCUT2D eigenvalue weighted by atomic mass is 9.98. The second-order valence-corrected chi connectivity index (χ2v) is 5.31. The van der Waals surface area contributed by atoms with Crippen molar-refractivity contribution < 1.29 is 4.79 Å². The molecule has 1 atom stereocenters. The third-order valence-electron chi connectivity index (χ3n) is 3.63. The van der Waals surface area contributed by atoms with Gasteiger partial charge in [0.25, 0.3) is 5.91 Å². The molecule has 4 heteroatoms. The standard InChI is InChI=1S/C14H19ClN2O/c15-12-7-3-6-11(8-12)14(18)17-13(9-16)10-4-1-2-5-10/h3,6-8,10,13H,1-2,4-5,9,16H2,(H,17,18). The van der Waals surface area contributed by atoms with Gasteiger partial charge in [-0.2, -0.15) is 0 Å². The monoisotopic (exact) mass is 266 g/mol. The fourth-order valence-electron chi connectivity index (χ4n) is 2.61. The minimum absolute atomic E-state index is 0.0824. The van der Waals surface area contributed by atoms with E-state index in [1.807, 2.05) is 0 Å². The zero-order valence-electron chi connectivity index (χ0n) is 10.4. The van der Waals surface area contributed by atoms with Crippen molar-refractivity contribution in [3.63, 3.8) is 0 Å². The number of nitrogens with one attached hydrogen (secondary N) is 1. The van der Waals surface area contributed by atoms with Gasteiger partial charge in [0.05, 0.1) is 0 Å². The Morgan fingerprint density at radius 2 is 2.17 bits per heavy atom. The van der Waals surface area contributed by atoms with Crippen LogP contribution in [0, 0.1) is 5.92 Å². The highest BCUT2D eigenvalue weighted by atomic mass is 35.5. The number of hydrogen-bond acceptors (Lipinski definition) is 2. The molecule has 0 spiro atoms. The van der Waals surface area contributed by atoms with Crippen LogP contribution in [0.25, 0.3) is 0 Å². The molecule has 1 unspecified atom stereocenters. The van der Waals surface area contributed by atoms with Crippen molar-refractivity contribution in [1.29, 1.82) is 0 Å². The van der Waals surface area contributed by atoms with E-state index in [1.165, 1.54) is 12.8 Å². The molecule has 0 aliphatic heterocycles. The van der Waals surface area contributed by atoms with Gasteiger partial charge in [-0.25, -0.2) is 0 Å². The van der Waals surface area contributed by atoms with Gasteiger partial charge in [-0.05, 0) is 37.0 Å². The molecule has 1 aromatic carbocycles. The minimum Gasteiger partial charge on any atom is -0.348 e. The maximum atomic E-state index is 12.1. The first-order chi connectivity index (χ1) is 8.70. The smallest absolute Gasteiger partial charge is 0.251 e. The highest BCUT2D eigenvalue weighted by Crippen LogP contribution is 2.27. The summed E-state index contributed by atoms with van der Waals surface area (Å²) in [6.45, 7) is 0.497. The van der Waals surface area contributed by atoms with Crippen molar-refractivity contribution in [1.82, 2.24) is 5.32 Å². The first kappa shape index (κ1) is 13.4. The van der Waals surface area contributed by atoms with Gasteiger partial charge in [0.2, 0.25) is 0 Å². The number of carbonyl (C=O) groups is 1. The molecule has 0 saturated heterocycles. The van der Waals surface area contributed by atoms with Crippen LogP contribution in [0.2, 0.25) is 5.02 Å². The van der Waals surface area contributed by atoms with Crippen molar-refractivity contribution in [2.75, 3.05) is 6.54 Å². The maximum absolute atomic E-state index is 12.1. The van der Waals surface area contributed by atoms with Crippen LogP contribution in [0.3, 0.4) is 0 Å². The first-order valence-corrected chi connectivity index (χ1v) is 6.85. The average Bonchev–Trinajstić information content (AvgIpc) is 2.89. The minimum atomic E-state index is -0.0835. The topological polar surface area (TPSA) is 55.1 Å². The van der Waals surface area contributed by atoms with Crippen LogP contribution in [0.4, 0.5) is 0 Å². The van der Waals surface area contributed by atoms with Gasteiger partial charge in [-0.15, -0.1) is 0 Å². The van der Waals surface area contributed by atoms with E-state index in [0.29, 0.717) is 23.0 Å². The first-order valence-electron chi connectivity index (χ1n) is 6.47. The van der Waals surface area contributed by atoms with Crippen molar-refractivity contribution in [2.24, 2.45) is 11.7 Å². The summed E-state index contributed by atoms with van der Waals surface area (Å²) < 4.78 is 0. The lowest BCUT2D eigenvalue weighted by molar-refractivity contribution is 0.0924. The Bertz CT molecular complexity index is 416. The van der Waals surface area contributed by atoms with Crippen molar-refractivity contribution in [2.45, 2.75) is 31.7 Å². The fourth-order valence-corrected chi connectivity index (χ4v) is 2.80. The van der Waals surface area contributed by atoms with E-state index in [-0.39, 0.29) is 11.9 Å². The summed E-state index contributed by atoms with van der Waals surface area (Å²) in [6, 6.07) is 7.07. The quantitative estimate of drug-likeness (QED) is 0.880. The summed E-state index contributed by atoms with van der Waals surface area (Å²) in [7, 11) is 0. The zero-order valence-corrected chi connectivity index (χ0v) is 11.1. The summed E-state index contributed by atoms with van der Waals surface area (Å²) in [5.41, 5.74) is 6.36. The van der Waals surface area contributed by atoms with E-state index >= 15 is 0 Å². The Kier molecular flexibility index (Phi) is 4.61. The van der Waals surface area contributed by atoms with Gasteiger partial charge in [-0.1, -0.05) is 30.5 Å². The third-order valence-corrected chi connectivity index (χ3v) is 3.86. The van der Waals surface area contributed by atoms with Crippen LogP contribution in [0.5, 0.6) is 0 Å². The van der Waals surface area contributed by atoms with Gasteiger partial charge in [0.1, 0.15) is 0 Å². The zero-order chi connectivity index (χ0) is 13.0. The molecular weight excluding hydrogens is 248 g/mol. The molecule has 0 radical (unpaired) electrons. The number of rotatable bonds is 4. The van der Waals surface area contributed by atoms with E-state index in [1.54, 1.807) is 24.3 Å². The average molecular weight is 267 g/mol. The predicted molar refractivity (Wildman–Crippen MR) is 73.7 cm³/mol. The molecule has 1 fully saturated rings. The van der Waals surface area contributed by atoms with Crippen LogP contribution in [0.15, 0.2) is 24.3 Å². The van der Waals surface area contributed by atoms with E-state index in [2.05, 4.69) is 5.32 Å². The fraction of sp³-hybridized carbons (Fsp3) is 0.500. The van der Waals surface area contributed by atoms with Crippen LogP contribution in [-0.4, -0.2) is 18.5 Å². The lowest BCUT2D eigenvalue weighted by Crippen LogP contribution is -2.44. The molecule has 2 rings (SSSR count). The highest BCUT2D eigenvalue weighted by Gasteiger charge is 2.25. The highest BCUT2D eigenvalue weighted by molar-refractivity contribution is 6.30. The van der Waals surface area contributed by atoms with Crippen LogP contribution in [0.1, 0.15) is 36.0 Å². The summed E-state index contributed by atoms with van der Waals surface area (Å²) in [4.78, 5) is 12.1. The predicted octanol–water partition coefficient (Wildman–Crippen LogP) is 2.59. The summed E-state index contributed by atoms with van der Waals surface area (Å²) >= 11 is 5.88. The van der Waals surface area contributed by atoms with Crippen molar-refractivity contribution in [3.8, 4) is 0 Å². The van der Waals surface area contributed by atoms with Crippen LogP contribution >= 0.6 is 11.6 Å². The Balaban J connectivity index is 2.00. The molecular formula is C14H19ClN2O. The van der Waals surface area contributed by atoms with Crippen LogP contribution in [-0.2, 0) is 0 Å². The summed E-state index contributed by atoms with van der Waals surface area (Å²) in [5, 5.41) is 3.61. The molecule has 1 amide bonds. The number of carbonyl (C=O) groups excluding carboxylic acids is 1. The Morgan fingerprint density at radius 3 is 2.78 bits per heavy atom. The number of nitrogens with two attached hydrogens (primary N) is 1. The molecule has 1 aromatic rings. The maximum Gasteiger partial charge on any atom is 0.251 e. The van der Waals surface area contributed by atoms with Crippen LogP contribution < -0.4 is 11.1 Å². The van der Waals surface area contributed by atoms with Gasteiger partial charge in [0, 0.05) is 23.2 Å². The molecule has 1 saturated carbocycles. The summed E-state index contributed by atoms with van der Waals surface area (Å²) in [5.74, 6) is 0.443. The van der Waals surface area contributed by atoms with E-state index in [4.69, 9.17) is 17.3 Å². The second-order valence-electron chi connectivity index (χ2n) is 4.87. The SMILES string of the molecule is NCC(NC(=O)c1cccc(Cl)c1)C1CCCC1. The number of hydrogen-bond donors (Lipinski definition) is 2. The van der Waals surface area contributed by atoms with Gasteiger partial charge in [0.15, 0.2) is 0 Å². The molecule has 3 N–H and O–H groups in total. The van der Waals surface area contributed by atoms with E-state index < -0.39 is 0 Å². The number of amides is 1. The van der Waals surface area contributed by atoms with E-state index in [0.717, 1.165) is 12.8 Å². The summed E-state index contributed by atoms with van der Waals surface area (Å²) in [6.07, 6.45) is 4.82. The molecule has 3 nitrogen and oxygen atoms in total. The van der Waals surface area contributed by atoms with Gasteiger partial charge < -0.3 is 11.1 Å². The lowest BCUT2D eigenvalue weighted by Gasteiger charge is -2.23. The van der Waals surface area contributed by atoms with Gasteiger partial charge in [-0.3, -0.25) is 4.79 Å². The molecule has 1 aliphatic carbocycles. The Hall–Kier alpha value is -1.06. The Morgan fingerprint density at radius 1 is 1.44 bits per heavy atom. The third kappa shape index (κ3) is 3.24. The molecule has 0 bridgehead atoms. The van der Waals surface area contributed by atoms with Crippen molar-refractivity contribution >= 4 is 17.5 Å². The number of halogens is 1. The molecule has 1 aliphatic rings. The van der Waals surface area contributed by atoms with Crippen molar-refractivity contribution in [3.05, 3.63) is 34.9 Å². The second kappa shape index (κ2) is 6.21. The van der Waals surface area contributed by atoms with Gasteiger partial charge >= 0.3 is 0 Å². The number of benzene rings is 1. The van der Waals surface area contributed by atoms with E-state index in [9.17, 15) is 4.79 Å². The Labute approximate surface area is 113 Å². The molecule has 0 aromatic heterocycles.